The van der Waals surface area contributed by atoms with Gasteiger partial charge in [-0.2, -0.15) is 0 Å². The van der Waals surface area contributed by atoms with E-state index in [9.17, 15) is 5.11 Å². The fourth-order valence-corrected chi connectivity index (χ4v) is 6.36. The summed E-state index contributed by atoms with van der Waals surface area (Å²) in [6.45, 7) is 9.68. The van der Waals surface area contributed by atoms with Crippen LogP contribution in [0.2, 0.25) is 0 Å². The zero-order chi connectivity index (χ0) is 24.2. The maximum Gasteiger partial charge on any atom is 0.180 e. The van der Waals surface area contributed by atoms with Crippen LogP contribution in [0.5, 0.6) is 5.75 Å². The summed E-state index contributed by atoms with van der Waals surface area (Å²) < 4.78 is 0. The van der Waals surface area contributed by atoms with Crippen LogP contribution in [0.25, 0.3) is 11.3 Å². The first-order valence-electron chi connectivity index (χ1n) is 12.8. The van der Waals surface area contributed by atoms with Crippen LogP contribution in [0.1, 0.15) is 30.3 Å². The summed E-state index contributed by atoms with van der Waals surface area (Å²) >= 11 is 1.68. The normalized spacial score (nSPS) is 18.7. The monoisotopic (exact) mass is 492 g/mol. The lowest BCUT2D eigenvalue weighted by Gasteiger charge is -2.39. The maximum absolute atomic E-state index is 10.6. The molecule has 3 N–H and O–H groups in total. The van der Waals surface area contributed by atoms with Crippen molar-refractivity contribution in [2.24, 2.45) is 0 Å². The Bertz CT molecular complexity index is 1110. The average molecular weight is 493 g/mol. The number of piperazine rings is 1. The largest absolute Gasteiger partial charge is 0.507 e. The Morgan fingerprint density at radius 3 is 2.74 bits per heavy atom. The fourth-order valence-electron chi connectivity index (χ4n) is 5.41. The predicted molar refractivity (Wildman–Crippen MR) is 144 cm³/mol. The van der Waals surface area contributed by atoms with Gasteiger partial charge in [0.15, 0.2) is 5.13 Å². The Kier molecular flexibility index (Phi) is 7.51. The molecule has 1 unspecified atom stereocenters. The molecule has 3 heterocycles. The summed E-state index contributed by atoms with van der Waals surface area (Å²) in [4.78, 5) is 17.9. The number of nitrogens with two attached hydrogens (primary N) is 1. The minimum atomic E-state index is 0.289. The molecule has 5 rings (SSSR count). The number of aromatic nitrogens is 2. The number of nitrogen functional groups attached to an aromatic ring is 1. The van der Waals surface area contributed by atoms with E-state index in [1.165, 1.54) is 23.4 Å². The Morgan fingerprint density at radius 1 is 1.14 bits per heavy atom. The third-order valence-electron chi connectivity index (χ3n) is 7.32. The lowest BCUT2D eigenvalue weighted by Crippen LogP contribution is -2.50. The van der Waals surface area contributed by atoms with E-state index in [0.717, 1.165) is 80.7 Å². The van der Waals surface area contributed by atoms with Crippen molar-refractivity contribution < 1.29 is 5.11 Å². The van der Waals surface area contributed by atoms with E-state index >= 15 is 0 Å². The lowest BCUT2D eigenvalue weighted by atomic mass is 9.96. The fraction of sp³-hybridized carbons (Fsp3) is 0.481. The molecular weight excluding hydrogens is 456 g/mol. The molecule has 0 spiro atoms. The van der Waals surface area contributed by atoms with E-state index in [2.05, 4.69) is 37.7 Å². The van der Waals surface area contributed by atoms with Gasteiger partial charge in [-0.25, -0.2) is 4.98 Å². The molecule has 1 aliphatic carbocycles. The van der Waals surface area contributed by atoms with E-state index in [1.54, 1.807) is 17.5 Å². The highest BCUT2D eigenvalue weighted by atomic mass is 32.1. The average Bonchev–Trinajstić information content (AvgIpc) is 3.26. The number of phenols is 1. The van der Waals surface area contributed by atoms with Crippen molar-refractivity contribution in [2.45, 2.75) is 38.6 Å². The van der Waals surface area contributed by atoms with E-state index < -0.39 is 0 Å². The van der Waals surface area contributed by atoms with E-state index in [4.69, 9.17) is 5.73 Å². The Labute approximate surface area is 212 Å². The molecule has 1 saturated heterocycles. The number of hydrogen-bond donors (Lipinski definition) is 2. The van der Waals surface area contributed by atoms with Gasteiger partial charge in [0, 0.05) is 73.7 Å². The molecule has 35 heavy (non-hydrogen) atoms. The van der Waals surface area contributed by atoms with Crippen LogP contribution < -0.4 is 10.6 Å². The van der Waals surface area contributed by atoms with Crippen LogP contribution in [0.3, 0.4) is 0 Å². The summed E-state index contributed by atoms with van der Waals surface area (Å²) in [5.41, 5.74) is 9.84. The minimum absolute atomic E-state index is 0.289. The van der Waals surface area contributed by atoms with Gasteiger partial charge in [-0.05, 0) is 56.5 Å². The number of aromatic hydroxyl groups is 1. The van der Waals surface area contributed by atoms with Crippen molar-refractivity contribution in [3.63, 3.8) is 0 Å². The second-order valence-corrected chi connectivity index (χ2v) is 10.7. The maximum atomic E-state index is 10.6. The van der Waals surface area contributed by atoms with Gasteiger partial charge >= 0.3 is 0 Å². The van der Waals surface area contributed by atoms with E-state index in [0.29, 0.717) is 6.04 Å². The number of aryl methyl sites for hydroxylation is 1. The van der Waals surface area contributed by atoms with E-state index in [-0.39, 0.29) is 5.75 Å². The van der Waals surface area contributed by atoms with Gasteiger partial charge in [-0.15, -0.1) is 11.3 Å². The van der Waals surface area contributed by atoms with Crippen molar-refractivity contribution in [3.8, 4) is 17.0 Å². The van der Waals surface area contributed by atoms with Crippen LogP contribution >= 0.6 is 11.3 Å². The van der Waals surface area contributed by atoms with Crippen molar-refractivity contribution in [1.82, 2.24) is 19.8 Å². The lowest BCUT2D eigenvalue weighted by molar-refractivity contribution is 0.146. The first-order chi connectivity index (χ1) is 17.1. The number of fused-ring (bicyclic) bond motifs is 1. The molecule has 0 saturated carbocycles. The molecule has 1 aliphatic heterocycles. The molecule has 1 atom stereocenters. The van der Waals surface area contributed by atoms with Gasteiger partial charge in [0.2, 0.25) is 0 Å². The molecule has 0 amide bonds. The van der Waals surface area contributed by atoms with Crippen LogP contribution in [0.15, 0.2) is 42.6 Å². The number of benzene rings is 1. The zero-order valence-electron chi connectivity index (χ0n) is 20.6. The molecular formula is C27H36N6OS. The van der Waals surface area contributed by atoms with Crippen molar-refractivity contribution in [1.29, 1.82) is 0 Å². The van der Waals surface area contributed by atoms with E-state index in [1.807, 2.05) is 30.3 Å². The Hall–Kier alpha value is -2.68. The predicted octanol–water partition coefficient (Wildman–Crippen LogP) is 3.88. The molecule has 1 aromatic carbocycles. The van der Waals surface area contributed by atoms with Gasteiger partial charge in [0.1, 0.15) is 5.75 Å². The molecule has 7 nitrogen and oxygen atoms in total. The second-order valence-electron chi connectivity index (χ2n) is 9.60. The van der Waals surface area contributed by atoms with Gasteiger partial charge in [0.05, 0.1) is 11.4 Å². The number of phenolic OH excluding ortho intramolecular Hbond substituents is 1. The van der Waals surface area contributed by atoms with Gasteiger partial charge < -0.3 is 15.7 Å². The Morgan fingerprint density at radius 2 is 2.00 bits per heavy atom. The molecule has 0 radical (unpaired) electrons. The third kappa shape index (κ3) is 5.60. The summed E-state index contributed by atoms with van der Waals surface area (Å²) in [6, 6.07) is 12.3. The number of thiazole rings is 1. The zero-order valence-corrected chi connectivity index (χ0v) is 21.4. The third-order valence-corrected chi connectivity index (χ3v) is 8.27. The van der Waals surface area contributed by atoms with Crippen LogP contribution in [0.4, 0.5) is 10.8 Å². The van der Waals surface area contributed by atoms with Gasteiger partial charge in [-0.3, -0.25) is 14.8 Å². The highest BCUT2D eigenvalue weighted by Crippen LogP contribution is 2.32. The minimum Gasteiger partial charge on any atom is -0.507 e. The first kappa shape index (κ1) is 24.0. The van der Waals surface area contributed by atoms with Gasteiger partial charge in [0.25, 0.3) is 0 Å². The topological polar surface area (TPSA) is 81.8 Å². The molecule has 2 aliphatic rings. The van der Waals surface area contributed by atoms with Crippen molar-refractivity contribution >= 4 is 22.2 Å². The number of pyridine rings is 1. The summed E-state index contributed by atoms with van der Waals surface area (Å²) in [5, 5.41) is 11.3. The molecule has 0 bridgehead atoms. The smallest absolute Gasteiger partial charge is 0.180 e. The van der Waals surface area contributed by atoms with Crippen LogP contribution in [-0.4, -0.2) is 76.7 Å². The molecule has 8 heteroatoms. The highest BCUT2D eigenvalue weighted by molar-refractivity contribution is 7.15. The Balaban J connectivity index is 1.14. The first-order valence-corrected chi connectivity index (χ1v) is 13.6. The quantitative estimate of drug-likeness (QED) is 0.494. The molecule has 3 aromatic rings. The number of rotatable bonds is 8. The molecule has 186 valence electrons. The molecule has 1 fully saturated rings. The van der Waals surface area contributed by atoms with Gasteiger partial charge in [-0.1, -0.05) is 13.0 Å². The van der Waals surface area contributed by atoms with Crippen LogP contribution in [0, 0.1) is 0 Å². The highest BCUT2D eigenvalue weighted by Gasteiger charge is 2.27. The second kappa shape index (κ2) is 10.9. The standard InChI is InChI=1S/C27H36N6OS/c1-2-11-32(21-7-9-24-26(19-21)35-27(28)30-24)15-12-31-13-16-33(17-14-31)20-6-8-22(25(34)18-20)23-5-3-4-10-29-23/h3-6,8,10,18,21,34H,2,7,9,11-17,19H2,1H3,(H2,28,30). The number of anilines is 2. The summed E-state index contributed by atoms with van der Waals surface area (Å²) in [5.74, 6) is 0.289. The van der Waals surface area contributed by atoms with Crippen molar-refractivity contribution in [2.75, 3.05) is 56.4 Å². The van der Waals surface area contributed by atoms with Crippen LogP contribution in [-0.2, 0) is 12.8 Å². The van der Waals surface area contributed by atoms with Crippen molar-refractivity contribution in [3.05, 3.63) is 53.2 Å². The number of nitrogens with zero attached hydrogens (tertiary/aromatic N) is 5. The summed E-state index contributed by atoms with van der Waals surface area (Å²) in [7, 11) is 0. The molecule has 2 aromatic heterocycles. The number of hydrogen-bond acceptors (Lipinski definition) is 8. The SMILES string of the molecule is CCCN(CCN1CCN(c2ccc(-c3ccccn3)c(O)c2)CC1)C1CCc2nc(N)sc2C1. The summed E-state index contributed by atoms with van der Waals surface area (Å²) in [6.07, 6.45) is 6.26.